The molecule has 2 aromatic rings. The van der Waals surface area contributed by atoms with Crippen LogP contribution in [0.1, 0.15) is 37.1 Å². The molecule has 1 aliphatic carbocycles. The van der Waals surface area contributed by atoms with Crippen molar-refractivity contribution >= 4 is 39.2 Å². The molecule has 2 aromatic heterocycles. The number of fused-ring (bicyclic) bond motifs is 3. The van der Waals surface area contributed by atoms with Crippen LogP contribution in [0.4, 0.5) is 0 Å². The third-order valence-corrected chi connectivity index (χ3v) is 7.15. The quantitative estimate of drug-likeness (QED) is 0.477. The van der Waals surface area contributed by atoms with Gasteiger partial charge in [-0.1, -0.05) is 31.7 Å². The third-order valence-electron chi connectivity index (χ3n) is 4.63. The molecule has 134 valence electrons. The summed E-state index contributed by atoms with van der Waals surface area (Å²) in [5.41, 5.74) is 6.62. The van der Waals surface area contributed by atoms with Crippen LogP contribution in [0.3, 0.4) is 0 Å². The van der Waals surface area contributed by atoms with E-state index in [1.165, 1.54) is 22.2 Å². The summed E-state index contributed by atoms with van der Waals surface area (Å²) in [7, 11) is 0. The molecule has 2 heterocycles. The average Bonchev–Trinajstić information content (AvgIpc) is 2.92. The Labute approximate surface area is 155 Å². The van der Waals surface area contributed by atoms with Crippen molar-refractivity contribution in [2.45, 2.75) is 56.5 Å². The molecule has 0 radical (unpaired) electrons. The van der Waals surface area contributed by atoms with Crippen molar-refractivity contribution < 1.29 is 4.79 Å². The van der Waals surface area contributed by atoms with E-state index in [1.807, 2.05) is 6.92 Å². The molecular formula is C18H23N3O2S2. The largest absolute Gasteiger partial charge is 0.369 e. The molecule has 0 saturated carbocycles. The van der Waals surface area contributed by atoms with E-state index in [0.29, 0.717) is 24.0 Å². The van der Waals surface area contributed by atoms with Crippen LogP contribution in [0.25, 0.3) is 10.2 Å². The highest BCUT2D eigenvalue weighted by molar-refractivity contribution is 8.00. The molecule has 3 rings (SSSR count). The Morgan fingerprint density at radius 3 is 3.00 bits per heavy atom. The van der Waals surface area contributed by atoms with E-state index < -0.39 is 5.25 Å². The maximum Gasteiger partial charge on any atom is 0.263 e. The first kappa shape index (κ1) is 18.2. The van der Waals surface area contributed by atoms with Crippen LogP contribution in [0.2, 0.25) is 0 Å². The molecule has 1 aliphatic rings. The fraction of sp³-hybridized carbons (Fsp3) is 0.500. The van der Waals surface area contributed by atoms with Crippen LogP contribution in [0.5, 0.6) is 0 Å². The summed E-state index contributed by atoms with van der Waals surface area (Å²) in [5.74, 6) is 0.260. The number of allylic oxidation sites excluding steroid dienone is 1. The van der Waals surface area contributed by atoms with Crippen LogP contribution in [0, 0.1) is 5.92 Å². The summed E-state index contributed by atoms with van der Waals surface area (Å²) in [4.78, 5) is 31.6. The van der Waals surface area contributed by atoms with Gasteiger partial charge in [-0.25, -0.2) is 4.98 Å². The second-order valence-corrected chi connectivity index (χ2v) is 8.80. The van der Waals surface area contributed by atoms with Crippen molar-refractivity contribution in [3.05, 3.63) is 33.4 Å². The van der Waals surface area contributed by atoms with Gasteiger partial charge in [0, 0.05) is 11.4 Å². The lowest BCUT2D eigenvalue weighted by Gasteiger charge is -2.18. The van der Waals surface area contributed by atoms with Gasteiger partial charge in [0.1, 0.15) is 4.83 Å². The zero-order chi connectivity index (χ0) is 18.1. The number of rotatable bonds is 6. The van der Waals surface area contributed by atoms with E-state index >= 15 is 0 Å². The lowest BCUT2D eigenvalue weighted by molar-refractivity contribution is -0.117. The summed E-state index contributed by atoms with van der Waals surface area (Å²) >= 11 is 2.90. The maximum absolute atomic E-state index is 13.1. The third kappa shape index (κ3) is 3.40. The summed E-state index contributed by atoms with van der Waals surface area (Å²) in [6.45, 7) is 8.28. The molecule has 2 N–H and O–H groups in total. The number of hydrogen-bond acceptors (Lipinski definition) is 5. The minimum Gasteiger partial charge on any atom is -0.369 e. The lowest BCUT2D eigenvalue weighted by atomic mass is 9.89. The first-order chi connectivity index (χ1) is 12.0. The van der Waals surface area contributed by atoms with Gasteiger partial charge in [-0.05, 0) is 37.2 Å². The lowest BCUT2D eigenvalue weighted by Crippen LogP contribution is -2.28. The Morgan fingerprint density at radius 1 is 1.60 bits per heavy atom. The van der Waals surface area contributed by atoms with Gasteiger partial charge in [0.05, 0.1) is 10.6 Å². The molecule has 25 heavy (non-hydrogen) atoms. The number of aromatic nitrogens is 2. The molecular weight excluding hydrogens is 354 g/mol. The normalized spacial score (nSPS) is 18.1. The van der Waals surface area contributed by atoms with Crippen LogP contribution >= 0.6 is 23.1 Å². The second kappa shape index (κ2) is 7.33. The summed E-state index contributed by atoms with van der Waals surface area (Å²) < 4.78 is 1.62. The van der Waals surface area contributed by atoms with Gasteiger partial charge < -0.3 is 5.73 Å². The maximum atomic E-state index is 13.1. The monoisotopic (exact) mass is 377 g/mol. The molecule has 0 fully saturated rings. The minimum atomic E-state index is -0.393. The minimum absolute atomic E-state index is 0.0289. The molecule has 0 bridgehead atoms. The molecule has 5 nitrogen and oxygen atoms in total. The highest BCUT2D eigenvalue weighted by Gasteiger charge is 2.26. The zero-order valence-corrected chi connectivity index (χ0v) is 16.2. The smallest absolute Gasteiger partial charge is 0.263 e. The summed E-state index contributed by atoms with van der Waals surface area (Å²) in [6.07, 6.45) is 5.34. The number of aryl methyl sites for hydroxylation is 1. The van der Waals surface area contributed by atoms with Crippen molar-refractivity contribution in [2.75, 3.05) is 0 Å². The molecule has 2 atom stereocenters. The predicted molar refractivity (Wildman–Crippen MR) is 104 cm³/mol. The number of nitrogens with zero attached hydrogens (tertiary/aromatic N) is 2. The van der Waals surface area contributed by atoms with Crippen molar-refractivity contribution in [1.29, 1.82) is 0 Å². The van der Waals surface area contributed by atoms with Gasteiger partial charge >= 0.3 is 0 Å². The van der Waals surface area contributed by atoms with E-state index in [1.54, 1.807) is 22.0 Å². The molecule has 0 saturated heterocycles. The van der Waals surface area contributed by atoms with Crippen LogP contribution < -0.4 is 11.3 Å². The number of nitrogens with two attached hydrogens (primary N) is 1. The Balaban J connectivity index is 2.17. The average molecular weight is 378 g/mol. The standard InChI is InChI=1S/C18H23N3O2S2/c1-4-8-21-17(23)14-11-7-6-10(3)9-13(11)24-16(14)20-18(21)25-12(5-2)15(19)22/h4,10,12H,1,5-9H2,2-3H3,(H2,19,22). The zero-order valence-electron chi connectivity index (χ0n) is 14.6. The Morgan fingerprint density at radius 2 is 2.36 bits per heavy atom. The summed E-state index contributed by atoms with van der Waals surface area (Å²) in [6, 6.07) is 0. The molecule has 0 aliphatic heterocycles. The van der Waals surface area contributed by atoms with Gasteiger partial charge in [-0.15, -0.1) is 17.9 Å². The van der Waals surface area contributed by atoms with Gasteiger partial charge in [-0.2, -0.15) is 0 Å². The number of carbonyl (C=O) groups is 1. The van der Waals surface area contributed by atoms with E-state index in [4.69, 9.17) is 10.7 Å². The fourth-order valence-electron chi connectivity index (χ4n) is 3.25. The number of thioether (sulfide) groups is 1. The fourth-order valence-corrected chi connectivity index (χ4v) is 5.65. The van der Waals surface area contributed by atoms with Gasteiger partial charge in [-0.3, -0.25) is 14.2 Å². The highest BCUT2D eigenvalue weighted by Crippen LogP contribution is 2.37. The topological polar surface area (TPSA) is 78.0 Å². The molecule has 2 unspecified atom stereocenters. The number of hydrogen-bond donors (Lipinski definition) is 1. The number of thiophene rings is 1. The van der Waals surface area contributed by atoms with E-state index in [-0.39, 0.29) is 11.5 Å². The number of primary amides is 1. The Hall–Kier alpha value is -1.60. The van der Waals surface area contributed by atoms with Gasteiger partial charge in [0.15, 0.2) is 5.16 Å². The van der Waals surface area contributed by atoms with E-state index in [9.17, 15) is 9.59 Å². The van der Waals surface area contributed by atoms with E-state index in [0.717, 1.165) is 29.5 Å². The van der Waals surface area contributed by atoms with E-state index in [2.05, 4.69) is 13.5 Å². The highest BCUT2D eigenvalue weighted by atomic mass is 32.2. The second-order valence-electron chi connectivity index (χ2n) is 6.55. The van der Waals surface area contributed by atoms with Crippen molar-refractivity contribution in [1.82, 2.24) is 9.55 Å². The molecule has 1 amide bonds. The van der Waals surface area contributed by atoms with Crippen LogP contribution in [-0.2, 0) is 24.2 Å². The van der Waals surface area contributed by atoms with Gasteiger partial charge in [0.2, 0.25) is 5.91 Å². The first-order valence-corrected chi connectivity index (χ1v) is 10.3. The van der Waals surface area contributed by atoms with Crippen LogP contribution in [-0.4, -0.2) is 20.7 Å². The first-order valence-electron chi connectivity index (χ1n) is 8.58. The molecule has 0 aromatic carbocycles. The molecule has 7 heteroatoms. The molecule has 0 spiro atoms. The number of amides is 1. The Kier molecular flexibility index (Phi) is 5.34. The summed E-state index contributed by atoms with van der Waals surface area (Å²) in [5, 5.41) is 0.912. The van der Waals surface area contributed by atoms with Crippen molar-refractivity contribution in [2.24, 2.45) is 11.7 Å². The predicted octanol–water partition coefficient (Wildman–Crippen LogP) is 3.12. The number of carbonyl (C=O) groups excluding carboxylic acids is 1. The van der Waals surface area contributed by atoms with Crippen molar-refractivity contribution in [3.63, 3.8) is 0 Å². The van der Waals surface area contributed by atoms with Crippen LogP contribution in [0.15, 0.2) is 22.6 Å². The SMILES string of the molecule is C=CCn1c(SC(CC)C(N)=O)nc2sc3c(c2c1=O)CCC(C)C3. The van der Waals surface area contributed by atoms with Gasteiger partial charge in [0.25, 0.3) is 5.56 Å². The van der Waals surface area contributed by atoms with Crippen molar-refractivity contribution in [3.8, 4) is 0 Å². The Bertz CT molecular complexity index is 885.